The topological polar surface area (TPSA) is 54.2 Å². The Morgan fingerprint density at radius 2 is 0.525 bits per heavy atom. The largest absolute Gasteiger partial charge is 0.456 e. The number of hydrogen-bond acceptors (Lipinski definition) is 6. The van der Waals surface area contributed by atoms with Gasteiger partial charge in [-0.2, -0.15) is 0 Å². The molecule has 120 heavy (non-hydrogen) atoms. The van der Waals surface area contributed by atoms with Crippen LogP contribution < -0.4 is 0 Å². The number of benzene rings is 18. The van der Waals surface area contributed by atoms with Crippen LogP contribution >= 0.6 is 34.0 Å². The third kappa shape index (κ3) is 10.7. The molecular formula is C111H69N3O3S3. The van der Waals surface area contributed by atoms with E-state index in [4.69, 9.17) is 13.3 Å². The van der Waals surface area contributed by atoms with Crippen LogP contribution in [0.5, 0.6) is 0 Å². The van der Waals surface area contributed by atoms with E-state index in [9.17, 15) is 0 Å². The summed E-state index contributed by atoms with van der Waals surface area (Å²) in [6.45, 7) is 4.54. The van der Waals surface area contributed by atoms with Gasteiger partial charge in [-0.25, -0.2) is 0 Å². The Bertz CT molecular complexity index is 8900. The molecule has 0 fully saturated rings. The van der Waals surface area contributed by atoms with Crippen molar-refractivity contribution in [2.24, 2.45) is 0 Å². The summed E-state index contributed by atoms with van der Waals surface area (Å²) in [5, 5.41) is 22.6. The smallest absolute Gasteiger partial charge is 0.136 e. The molecule has 0 spiro atoms. The second-order valence-corrected chi connectivity index (χ2v) is 35.0. The van der Waals surface area contributed by atoms with E-state index in [2.05, 4.69) is 373 Å². The molecular weight excluding hydrogens is 1520 g/mol. The normalized spacial score (nSPS) is 12.2. The molecule has 0 aliphatic carbocycles. The van der Waals surface area contributed by atoms with Crippen LogP contribution in [0.3, 0.4) is 0 Å². The van der Waals surface area contributed by atoms with Gasteiger partial charge in [0.1, 0.15) is 33.5 Å². The van der Waals surface area contributed by atoms with Gasteiger partial charge in [0.2, 0.25) is 0 Å². The molecule has 9 heteroatoms. The van der Waals surface area contributed by atoms with E-state index >= 15 is 0 Å². The van der Waals surface area contributed by atoms with Gasteiger partial charge >= 0.3 is 0 Å². The zero-order chi connectivity index (χ0) is 79.0. The fourth-order valence-electron chi connectivity index (χ4n) is 19.1. The van der Waals surface area contributed by atoms with Gasteiger partial charge in [-0.05, 0) is 178 Å². The zero-order valence-corrected chi connectivity index (χ0v) is 67.6. The highest BCUT2D eigenvalue weighted by molar-refractivity contribution is 7.27. The first kappa shape index (κ1) is 68.6. The Morgan fingerprint density at radius 1 is 0.200 bits per heavy atom. The quantitative estimate of drug-likeness (QED) is 0.160. The Labute approximate surface area is 699 Å². The summed E-state index contributed by atoms with van der Waals surface area (Å²) < 4.78 is 33.9. The average Bonchev–Trinajstić information content (AvgIpc) is 1.60. The van der Waals surface area contributed by atoms with Gasteiger partial charge in [0, 0.05) is 128 Å². The molecule has 18 aromatic carbocycles. The second kappa shape index (κ2) is 27.0. The maximum atomic E-state index is 6.36. The molecule has 0 N–H and O–H groups in total. The van der Waals surface area contributed by atoms with Crippen molar-refractivity contribution in [2.75, 3.05) is 0 Å². The highest BCUT2D eigenvalue weighted by Crippen LogP contribution is 2.49. The number of hydrogen-bond donors (Lipinski definition) is 0. The van der Waals surface area contributed by atoms with Crippen molar-refractivity contribution in [3.63, 3.8) is 0 Å². The van der Waals surface area contributed by atoms with Gasteiger partial charge in [0.05, 0.1) is 47.2 Å². The first-order valence-corrected chi connectivity index (χ1v) is 43.4. The molecule has 0 aliphatic heterocycles. The fraction of sp³-hybridized carbons (Fsp3) is 0.0270. The summed E-state index contributed by atoms with van der Waals surface area (Å²) in [6, 6.07) is 136. The average molecular weight is 1590 g/mol. The van der Waals surface area contributed by atoms with E-state index in [0.29, 0.717) is 5.92 Å². The summed E-state index contributed by atoms with van der Waals surface area (Å²) in [7, 11) is 0. The molecule has 0 unspecified atom stereocenters. The van der Waals surface area contributed by atoms with E-state index in [1.165, 1.54) is 165 Å². The lowest BCUT2D eigenvalue weighted by Crippen LogP contribution is -1.94. The summed E-state index contributed by atoms with van der Waals surface area (Å²) >= 11 is 5.67. The molecule has 27 aromatic rings. The maximum Gasteiger partial charge on any atom is 0.136 e. The minimum absolute atomic E-state index is 0.477. The zero-order valence-electron chi connectivity index (χ0n) is 65.2. The van der Waals surface area contributed by atoms with Crippen LogP contribution in [0.4, 0.5) is 0 Å². The molecule has 0 bridgehead atoms. The molecule has 564 valence electrons. The maximum absolute atomic E-state index is 6.36. The summed E-state index contributed by atoms with van der Waals surface area (Å²) in [6.07, 6.45) is 0. The third-order valence-electron chi connectivity index (χ3n) is 24.8. The first-order chi connectivity index (χ1) is 59.3. The predicted molar refractivity (Wildman–Crippen MR) is 513 cm³/mol. The van der Waals surface area contributed by atoms with Gasteiger partial charge in [0.25, 0.3) is 0 Å². The van der Waals surface area contributed by atoms with Crippen molar-refractivity contribution in [3.05, 3.63) is 382 Å². The van der Waals surface area contributed by atoms with E-state index in [1.807, 2.05) is 64.3 Å². The molecule has 0 saturated heterocycles. The Kier molecular flexibility index (Phi) is 15.4. The lowest BCUT2D eigenvalue weighted by molar-refractivity contribution is 0.668. The minimum Gasteiger partial charge on any atom is -0.456 e. The van der Waals surface area contributed by atoms with Crippen LogP contribution in [0.1, 0.15) is 25.3 Å². The van der Waals surface area contributed by atoms with Gasteiger partial charge in [-0.1, -0.05) is 257 Å². The van der Waals surface area contributed by atoms with Crippen LogP contribution in [0.25, 0.3) is 242 Å². The molecule has 0 radical (unpaired) electrons. The van der Waals surface area contributed by atoms with Crippen molar-refractivity contribution in [1.82, 2.24) is 13.7 Å². The molecule has 27 rings (SSSR count). The van der Waals surface area contributed by atoms with Gasteiger partial charge in [-0.15, -0.1) is 34.0 Å². The molecule has 9 aromatic heterocycles. The molecule has 0 aliphatic rings. The van der Waals surface area contributed by atoms with Crippen LogP contribution in [0, 0.1) is 0 Å². The number of furan rings is 3. The van der Waals surface area contributed by atoms with E-state index in [0.717, 1.165) is 82.6 Å². The van der Waals surface area contributed by atoms with Crippen molar-refractivity contribution in [1.29, 1.82) is 0 Å². The Balaban J connectivity index is 0.0000000998. The third-order valence-corrected chi connectivity index (χ3v) is 28.4. The summed E-state index contributed by atoms with van der Waals surface area (Å²) in [5.41, 5.74) is 25.0. The van der Waals surface area contributed by atoms with Gasteiger partial charge < -0.3 is 27.0 Å². The van der Waals surface area contributed by atoms with Crippen LogP contribution in [-0.4, -0.2) is 13.7 Å². The lowest BCUT2D eigenvalue weighted by atomic mass is 10.0. The molecule has 6 nitrogen and oxygen atoms in total. The minimum atomic E-state index is 0.477. The number of nitrogens with zero attached hydrogens (tertiary/aromatic N) is 3. The monoisotopic (exact) mass is 1590 g/mol. The van der Waals surface area contributed by atoms with Crippen LogP contribution in [0.15, 0.2) is 389 Å². The fourth-order valence-corrected chi connectivity index (χ4v) is 22.8. The number of rotatable bonds is 7. The molecule has 0 atom stereocenters. The van der Waals surface area contributed by atoms with Gasteiger partial charge in [0.15, 0.2) is 0 Å². The van der Waals surface area contributed by atoms with Crippen LogP contribution in [0.2, 0.25) is 0 Å². The van der Waals surface area contributed by atoms with Crippen LogP contribution in [-0.2, 0) is 0 Å². The van der Waals surface area contributed by atoms with Crippen molar-refractivity contribution in [2.45, 2.75) is 19.8 Å². The highest BCUT2D eigenvalue weighted by Gasteiger charge is 2.24. The SMILES string of the molecule is CC(C)c1ccc2c(c1)c1ccc3c4ccccc4sc3c1n2-c1ccc(-c2ccc3oc4ccccc4c3c2)cc1.c1ccc(-c2ccc3c(c2)oc2ccc(-n4c5ccccc5c5ccc6c7ccccc7sc6c54)cc23)cc1.c1ccc2c(c1)oc1cc(-c3ccc(-n4c5ccccc5c5ccc6c7ccccc7sc6c54)cc3)ccc12. The summed E-state index contributed by atoms with van der Waals surface area (Å²) in [5.74, 6) is 0.477. The van der Waals surface area contributed by atoms with Crippen molar-refractivity contribution < 1.29 is 13.3 Å². The summed E-state index contributed by atoms with van der Waals surface area (Å²) in [4.78, 5) is 0. The lowest BCUT2D eigenvalue weighted by Gasteiger charge is -2.11. The number of para-hydroxylation sites is 4. The van der Waals surface area contributed by atoms with E-state index in [-0.39, 0.29) is 0 Å². The number of fused-ring (bicyclic) bond motifs is 30. The van der Waals surface area contributed by atoms with E-state index < -0.39 is 0 Å². The highest BCUT2D eigenvalue weighted by atomic mass is 32.1. The Morgan fingerprint density at radius 3 is 1.03 bits per heavy atom. The molecule has 0 amide bonds. The van der Waals surface area contributed by atoms with Crippen molar-refractivity contribution in [3.8, 4) is 50.4 Å². The first-order valence-electron chi connectivity index (χ1n) is 40.9. The molecule has 9 heterocycles. The predicted octanol–water partition coefficient (Wildman–Crippen LogP) is 33.3. The van der Waals surface area contributed by atoms with Gasteiger partial charge in [-0.3, -0.25) is 0 Å². The number of aromatic nitrogens is 3. The standard InChI is InChI=1S/C39H27NOS.2C36H21NOS/c1-23(2)25-13-19-34-32(21-25)30-17-18-31-29-8-4-6-10-37(29)42-39(31)38(30)40(34)27-15-11-24(12-16-27)26-14-20-36-33(22-26)28-7-3-5-9-35(28)41-36;1-4-10-31-25(7-1)29-19-20-30-28-9-3-6-12-34(28)39-36(30)35(29)37(31)24-16-13-22(14-17-24)23-15-18-27-26-8-2-5-11-32(26)38-33(27)21-23;1-2-8-22(9-3-1)23-14-16-26-30-21-24(15-19-32(30)38-33(26)20-23)37-31-12-6-4-10-25(31)28-17-18-29-27-11-5-7-13-34(27)39-36(29)35(28)37/h3-23H,1-2H3;2*1-21H. The van der Waals surface area contributed by atoms with E-state index in [1.54, 1.807) is 0 Å². The van der Waals surface area contributed by atoms with Crippen molar-refractivity contribution >= 4 is 226 Å². The number of thiophene rings is 3. The Hall–Kier alpha value is -14.6. The second-order valence-electron chi connectivity index (χ2n) is 31.9. The molecule has 0 saturated carbocycles.